The third-order valence-electron chi connectivity index (χ3n) is 5.22. The van der Waals surface area contributed by atoms with E-state index in [0.29, 0.717) is 10.6 Å². The Morgan fingerprint density at radius 1 is 1.08 bits per heavy atom. The summed E-state index contributed by atoms with van der Waals surface area (Å²) in [6.07, 6.45) is -3.52. The molecule has 194 valence electrons. The highest BCUT2D eigenvalue weighted by molar-refractivity contribution is 7.92. The first-order chi connectivity index (χ1) is 17.3. The zero-order valence-electron chi connectivity index (χ0n) is 18.9. The van der Waals surface area contributed by atoms with Crippen molar-refractivity contribution in [1.29, 1.82) is 0 Å². The smallest absolute Gasteiger partial charge is 0.493 e. The fraction of sp³-hybridized carbons (Fsp3) is 0.130. The molecule has 14 heteroatoms. The van der Waals surface area contributed by atoms with Gasteiger partial charge in [0.1, 0.15) is 11.6 Å². The lowest BCUT2D eigenvalue weighted by atomic mass is 10.2. The van der Waals surface area contributed by atoms with E-state index in [1.807, 2.05) is 0 Å². The molecule has 2 aromatic carbocycles. The van der Waals surface area contributed by atoms with Crippen LogP contribution in [0.4, 0.5) is 19.0 Å². The van der Waals surface area contributed by atoms with Crippen molar-refractivity contribution in [2.24, 2.45) is 0 Å². The van der Waals surface area contributed by atoms with Gasteiger partial charge in [-0.1, -0.05) is 11.6 Å². The highest BCUT2D eigenvalue weighted by atomic mass is 35.5. The molecule has 0 aliphatic heterocycles. The normalized spacial score (nSPS) is 11.9. The molecule has 0 saturated heterocycles. The number of rotatable bonds is 7. The van der Waals surface area contributed by atoms with Gasteiger partial charge >= 0.3 is 12.1 Å². The summed E-state index contributed by atoms with van der Waals surface area (Å²) < 4.78 is 70.8. The second kappa shape index (κ2) is 9.82. The van der Waals surface area contributed by atoms with E-state index in [1.54, 1.807) is 6.07 Å². The standard InChI is InChI=1S/C23H18ClF3N4O5S/c1-14-21(32)31(17-4-6-18(7-5-17)36-23(25,26)27)22(33)30(14)13-15-10-11-28-20(12-15)29-37(34,35)19-8-2-16(24)3-9-19/h2-12,32H,13H2,1H3,(H,28,29). The van der Waals surface area contributed by atoms with Crippen molar-refractivity contribution in [3.63, 3.8) is 0 Å². The molecule has 2 heterocycles. The number of aromatic hydroxyl groups is 1. The van der Waals surface area contributed by atoms with Crippen LogP contribution in [-0.2, 0) is 16.6 Å². The highest BCUT2D eigenvalue weighted by Crippen LogP contribution is 2.26. The predicted octanol–water partition coefficient (Wildman–Crippen LogP) is 4.45. The summed E-state index contributed by atoms with van der Waals surface area (Å²) in [6, 6.07) is 13.0. The molecule has 37 heavy (non-hydrogen) atoms. The summed E-state index contributed by atoms with van der Waals surface area (Å²) in [6.45, 7) is 1.43. The first-order valence-electron chi connectivity index (χ1n) is 10.4. The van der Waals surface area contributed by atoms with Crippen LogP contribution >= 0.6 is 11.6 Å². The van der Waals surface area contributed by atoms with Gasteiger partial charge in [-0.3, -0.25) is 9.29 Å². The second-order valence-electron chi connectivity index (χ2n) is 7.76. The number of hydrogen-bond acceptors (Lipinski definition) is 6. The van der Waals surface area contributed by atoms with Crippen LogP contribution in [0.2, 0.25) is 5.02 Å². The largest absolute Gasteiger partial charge is 0.573 e. The summed E-state index contributed by atoms with van der Waals surface area (Å²) in [5.74, 6) is -0.889. The maximum Gasteiger partial charge on any atom is 0.573 e. The number of imidazole rings is 1. The Morgan fingerprint density at radius 3 is 2.35 bits per heavy atom. The topological polar surface area (TPSA) is 115 Å². The molecule has 0 fully saturated rings. The Balaban J connectivity index is 1.59. The molecule has 0 bridgehead atoms. The third-order valence-corrected chi connectivity index (χ3v) is 6.84. The average molecular weight is 555 g/mol. The molecule has 4 aromatic rings. The summed E-state index contributed by atoms with van der Waals surface area (Å²) >= 11 is 5.81. The average Bonchev–Trinajstić information content (AvgIpc) is 3.02. The summed E-state index contributed by atoms with van der Waals surface area (Å²) in [4.78, 5) is 17.1. The van der Waals surface area contributed by atoms with Gasteiger partial charge in [0.05, 0.1) is 22.8 Å². The van der Waals surface area contributed by atoms with Gasteiger partial charge < -0.3 is 9.84 Å². The Morgan fingerprint density at radius 2 is 1.73 bits per heavy atom. The van der Waals surface area contributed by atoms with Gasteiger partial charge in [0.25, 0.3) is 10.0 Å². The van der Waals surface area contributed by atoms with E-state index in [0.717, 1.165) is 16.7 Å². The Labute approximate surface area is 213 Å². The molecule has 9 nitrogen and oxygen atoms in total. The number of sulfonamides is 1. The molecule has 0 atom stereocenters. The number of anilines is 1. The van der Waals surface area contributed by atoms with Crippen LogP contribution in [0, 0.1) is 6.92 Å². The predicted molar refractivity (Wildman–Crippen MR) is 129 cm³/mol. The summed E-state index contributed by atoms with van der Waals surface area (Å²) in [5, 5.41) is 10.9. The van der Waals surface area contributed by atoms with Crippen molar-refractivity contribution in [2.45, 2.75) is 24.7 Å². The van der Waals surface area contributed by atoms with Gasteiger partial charge in [-0.15, -0.1) is 13.2 Å². The monoisotopic (exact) mass is 554 g/mol. The zero-order valence-corrected chi connectivity index (χ0v) is 20.5. The highest BCUT2D eigenvalue weighted by Gasteiger charge is 2.31. The molecule has 0 amide bonds. The fourth-order valence-electron chi connectivity index (χ4n) is 3.47. The summed E-state index contributed by atoms with van der Waals surface area (Å²) in [7, 11) is -3.95. The van der Waals surface area contributed by atoms with Crippen LogP contribution in [0.15, 0.2) is 76.6 Å². The lowest BCUT2D eigenvalue weighted by Gasteiger charge is -2.10. The summed E-state index contributed by atoms with van der Waals surface area (Å²) in [5.41, 5.74) is 0.116. The van der Waals surface area contributed by atoms with Crippen molar-refractivity contribution < 1.29 is 31.4 Å². The number of pyridine rings is 1. The van der Waals surface area contributed by atoms with E-state index >= 15 is 0 Å². The molecule has 4 rings (SSSR count). The number of benzene rings is 2. The number of nitrogens with one attached hydrogen (secondary N) is 1. The lowest BCUT2D eigenvalue weighted by molar-refractivity contribution is -0.274. The number of aromatic nitrogens is 3. The Bertz CT molecular complexity index is 1600. The van der Waals surface area contributed by atoms with Crippen LogP contribution in [-0.4, -0.2) is 34.0 Å². The molecular formula is C23H18ClF3N4O5S. The molecule has 0 spiro atoms. The molecule has 0 aliphatic rings. The Kier molecular flexibility index (Phi) is 6.93. The quantitative estimate of drug-likeness (QED) is 0.349. The number of alkyl halides is 3. The van der Waals surface area contributed by atoms with Crippen molar-refractivity contribution in [3.05, 3.63) is 93.6 Å². The van der Waals surface area contributed by atoms with Gasteiger partial charge in [-0.05, 0) is 73.2 Å². The van der Waals surface area contributed by atoms with Gasteiger partial charge in [-0.2, -0.15) is 0 Å². The minimum atomic E-state index is -4.87. The van der Waals surface area contributed by atoms with Crippen molar-refractivity contribution in [2.75, 3.05) is 4.72 Å². The second-order valence-corrected chi connectivity index (χ2v) is 9.88. The Hall–Kier alpha value is -3.97. The number of hydrogen-bond donors (Lipinski definition) is 2. The number of nitrogens with zero attached hydrogens (tertiary/aromatic N) is 3. The molecule has 2 N–H and O–H groups in total. The van der Waals surface area contributed by atoms with E-state index in [4.69, 9.17) is 11.6 Å². The molecule has 0 radical (unpaired) electrons. The van der Waals surface area contributed by atoms with Crippen molar-refractivity contribution in [1.82, 2.24) is 14.1 Å². The third kappa shape index (κ3) is 5.89. The SMILES string of the molecule is Cc1c(O)n(-c2ccc(OC(F)(F)F)cc2)c(=O)n1Cc1ccnc(NS(=O)(=O)c2ccc(Cl)cc2)c1. The molecule has 2 aromatic heterocycles. The van der Waals surface area contributed by atoms with Crippen LogP contribution in [0.25, 0.3) is 5.69 Å². The molecular weight excluding hydrogens is 537 g/mol. The minimum Gasteiger partial charge on any atom is -0.493 e. The van der Waals surface area contributed by atoms with E-state index < -0.39 is 33.7 Å². The maximum atomic E-state index is 13.1. The molecule has 0 aliphatic carbocycles. The van der Waals surface area contributed by atoms with Crippen LogP contribution < -0.4 is 15.1 Å². The van der Waals surface area contributed by atoms with E-state index in [1.165, 1.54) is 60.2 Å². The van der Waals surface area contributed by atoms with Crippen LogP contribution in [0.3, 0.4) is 0 Å². The van der Waals surface area contributed by atoms with Gasteiger partial charge in [0.2, 0.25) is 5.88 Å². The zero-order chi connectivity index (χ0) is 27.0. The molecule has 0 saturated carbocycles. The fourth-order valence-corrected chi connectivity index (χ4v) is 4.60. The van der Waals surface area contributed by atoms with Gasteiger partial charge in [-0.25, -0.2) is 22.8 Å². The van der Waals surface area contributed by atoms with E-state index in [2.05, 4.69) is 14.4 Å². The lowest BCUT2D eigenvalue weighted by Crippen LogP contribution is -2.24. The minimum absolute atomic E-state index is 0.00191. The van der Waals surface area contributed by atoms with E-state index in [-0.39, 0.29) is 28.6 Å². The van der Waals surface area contributed by atoms with Gasteiger partial charge in [0, 0.05) is 11.2 Å². The van der Waals surface area contributed by atoms with Crippen molar-refractivity contribution >= 4 is 27.4 Å². The maximum absolute atomic E-state index is 13.1. The number of ether oxygens (including phenoxy) is 1. The number of halogens is 4. The van der Waals surface area contributed by atoms with Crippen LogP contribution in [0.1, 0.15) is 11.3 Å². The van der Waals surface area contributed by atoms with Crippen LogP contribution in [0.5, 0.6) is 11.6 Å². The molecule has 0 unspecified atom stereocenters. The first kappa shape index (κ1) is 26.1. The van der Waals surface area contributed by atoms with Crippen molar-refractivity contribution in [3.8, 4) is 17.3 Å². The first-order valence-corrected chi connectivity index (χ1v) is 12.3. The van der Waals surface area contributed by atoms with E-state index in [9.17, 15) is 31.5 Å². The van der Waals surface area contributed by atoms with Gasteiger partial charge in [0.15, 0.2) is 0 Å².